The number of para-hydroxylation sites is 1. The Morgan fingerprint density at radius 1 is 1.26 bits per heavy atom. The van der Waals surface area contributed by atoms with E-state index in [1.807, 2.05) is 18.3 Å². The SMILES string of the molecule is c1cc(CN2CCC(OCc3cnc[nH]3)CC2)c2c(c1)OCO2. The number of rotatable bonds is 5. The van der Waals surface area contributed by atoms with Crippen molar-refractivity contribution >= 4 is 0 Å². The van der Waals surface area contributed by atoms with Crippen LogP contribution in [0.2, 0.25) is 0 Å². The minimum Gasteiger partial charge on any atom is -0.454 e. The Kier molecular flexibility index (Phi) is 4.17. The second-order valence-electron chi connectivity index (χ2n) is 6.01. The van der Waals surface area contributed by atoms with Crippen molar-refractivity contribution < 1.29 is 14.2 Å². The fraction of sp³-hybridized carbons (Fsp3) is 0.471. The van der Waals surface area contributed by atoms with Crippen LogP contribution in [0.1, 0.15) is 24.1 Å². The Labute approximate surface area is 135 Å². The largest absolute Gasteiger partial charge is 0.454 e. The molecule has 122 valence electrons. The summed E-state index contributed by atoms with van der Waals surface area (Å²) in [4.78, 5) is 9.53. The predicted molar refractivity (Wildman–Crippen MR) is 84.2 cm³/mol. The van der Waals surface area contributed by atoms with Gasteiger partial charge in [-0.25, -0.2) is 4.98 Å². The van der Waals surface area contributed by atoms with Crippen LogP contribution in [-0.2, 0) is 17.9 Å². The van der Waals surface area contributed by atoms with E-state index in [0.717, 1.165) is 49.7 Å². The summed E-state index contributed by atoms with van der Waals surface area (Å²) in [7, 11) is 0. The van der Waals surface area contributed by atoms with Gasteiger partial charge in [-0.1, -0.05) is 12.1 Å². The van der Waals surface area contributed by atoms with E-state index in [0.29, 0.717) is 19.5 Å². The molecular weight excluding hydrogens is 294 g/mol. The van der Waals surface area contributed by atoms with Crippen molar-refractivity contribution in [1.82, 2.24) is 14.9 Å². The standard InChI is InChI=1S/C17H21N3O3/c1-2-13(17-16(3-1)22-12-23-17)9-20-6-4-15(5-7-20)21-10-14-8-18-11-19-14/h1-3,8,11,15H,4-7,9-10,12H2,(H,18,19). The van der Waals surface area contributed by atoms with Gasteiger partial charge in [-0.05, 0) is 18.9 Å². The Hall–Kier alpha value is -2.05. The number of hydrogen-bond acceptors (Lipinski definition) is 5. The average Bonchev–Trinajstić information content (AvgIpc) is 3.26. The Morgan fingerprint density at radius 3 is 3.00 bits per heavy atom. The lowest BCUT2D eigenvalue weighted by Crippen LogP contribution is -2.36. The molecule has 0 bridgehead atoms. The molecule has 1 fully saturated rings. The summed E-state index contributed by atoms with van der Waals surface area (Å²) in [6.07, 6.45) is 5.94. The number of imidazole rings is 1. The van der Waals surface area contributed by atoms with E-state index in [2.05, 4.69) is 20.9 Å². The highest BCUT2D eigenvalue weighted by molar-refractivity contribution is 5.48. The van der Waals surface area contributed by atoms with Gasteiger partial charge in [-0.15, -0.1) is 0 Å². The number of fused-ring (bicyclic) bond motifs is 1. The van der Waals surface area contributed by atoms with E-state index in [9.17, 15) is 0 Å². The van der Waals surface area contributed by atoms with Crippen molar-refractivity contribution in [2.24, 2.45) is 0 Å². The molecule has 3 heterocycles. The van der Waals surface area contributed by atoms with Crippen LogP contribution in [0, 0.1) is 0 Å². The summed E-state index contributed by atoms with van der Waals surface area (Å²) in [5, 5.41) is 0. The lowest BCUT2D eigenvalue weighted by atomic mass is 10.1. The average molecular weight is 315 g/mol. The molecule has 1 N–H and O–H groups in total. The lowest BCUT2D eigenvalue weighted by molar-refractivity contribution is -0.00521. The highest BCUT2D eigenvalue weighted by Gasteiger charge is 2.23. The molecular formula is C17H21N3O3. The molecule has 1 aromatic carbocycles. The van der Waals surface area contributed by atoms with Gasteiger partial charge >= 0.3 is 0 Å². The number of nitrogens with zero attached hydrogens (tertiary/aromatic N) is 2. The molecule has 1 saturated heterocycles. The number of nitrogens with one attached hydrogen (secondary N) is 1. The number of hydrogen-bond donors (Lipinski definition) is 1. The Morgan fingerprint density at radius 2 is 2.17 bits per heavy atom. The maximum atomic E-state index is 5.96. The molecule has 2 aliphatic rings. The number of aromatic amines is 1. The van der Waals surface area contributed by atoms with Gasteiger partial charge in [-0.3, -0.25) is 4.90 Å². The van der Waals surface area contributed by atoms with Gasteiger partial charge < -0.3 is 19.2 Å². The summed E-state index contributed by atoms with van der Waals surface area (Å²) in [5.41, 5.74) is 2.24. The van der Waals surface area contributed by atoms with Crippen LogP contribution in [0.4, 0.5) is 0 Å². The van der Waals surface area contributed by atoms with Crippen LogP contribution in [0.5, 0.6) is 11.5 Å². The molecule has 4 rings (SSSR count). The molecule has 0 atom stereocenters. The zero-order chi connectivity index (χ0) is 15.5. The monoisotopic (exact) mass is 315 g/mol. The second-order valence-corrected chi connectivity index (χ2v) is 6.01. The maximum absolute atomic E-state index is 5.96. The van der Waals surface area contributed by atoms with Crippen LogP contribution in [0.15, 0.2) is 30.7 Å². The van der Waals surface area contributed by atoms with E-state index >= 15 is 0 Å². The van der Waals surface area contributed by atoms with Gasteiger partial charge in [0.05, 0.1) is 30.9 Å². The van der Waals surface area contributed by atoms with Gasteiger partial charge in [0, 0.05) is 25.2 Å². The molecule has 0 aliphatic carbocycles. The number of likely N-dealkylation sites (tertiary alicyclic amines) is 1. The first-order valence-electron chi connectivity index (χ1n) is 8.07. The third-order valence-electron chi connectivity index (χ3n) is 4.44. The van der Waals surface area contributed by atoms with Crippen LogP contribution in [0.25, 0.3) is 0 Å². The Balaban J connectivity index is 1.28. The molecule has 0 spiro atoms. The van der Waals surface area contributed by atoms with Gasteiger partial charge in [0.1, 0.15) is 0 Å². The quantitative estimate of drug-likeness (QED) is 0.917. The van der Waals surface area contributed by atoms with Crippen LogP contribution in [0.3, 0.4) is 0 Å². The fourth-order valence-corrected chi connectivity index (χ4v) is 3.16. The number of benzene rings is 1. The van der Waals surface area contributed by atoms with E-state index in [-0.39, 0.29) is 0 Å². The van der Waals surface area contributed by atoms with Crippen LogP contribution < -0.4 is 9.47 Å². The molecule has 0 unspecified atom stereocenters. The molecule has 23 heavy (non-hydrogen) atoms. The molecule has 1 aromatic heterocycles. The highest BCUT2D eigenvalue weighted by Crippen LogP contribution is 2.36. The highest BCUT2D eigenvalue weighted by atomic mass is 16.7. The normalized spacial score (nSPS) is 18.4. The van der Waals surface area contributed by atoms with E-state index in [1.165, 1.54) is 5.56 Å². The maximum Gasteiger partial charge on any atom is 0.231 e. The van der Waals surface area contributed by atoms with E-state index < -0.39 is 0 Å². The lowest BCUT2D eigenvalue weighted by Gasteiger charge is -2.32. The topological polar surface area (TPSA) is 59.6 Å². The first kappa shape index (κ1) is 14.5. The van der Waals surface area contributed by atoms with Crippen molar-refractivity contribution in [3.05, 3.63) is 42.0 Å². The third kappa shape index (κ3) is 3.33. The minimum absolute atomic E-state index is 0.329. The van der Waals surface area contributed by atoms with Crippen molar-refractivity contribution in [1.29, 1.82) is 0 Å². The van der Waals surface area contributed by atoms with Gasteiger partial charge in [-0.2, -0.15) is 0 Å². The van der Waals surface area contributed by atoms with Gasteiger partial charge in [0.15, 0.2) is 11.5 Å². The molecule has 0 radical (unpaired) electrons. The zero-order valence-corrected chi connectivity index (χ0v) is 13.0. The summed E-state index contributed by atoms with van der Waals surface area (Å²) < 4.78 is 17.0. The number of piperidine rings is 1. The Bertz CT molecular complexity index is 637. The first-order chi connectivity index (χ1) is 11.4. The summed E-state index contributed by atoms with van der Waals surface area (Å²) in [6, 6.07) is 6.11. The molecule has 0 saturated carbocycles. The van der Waals surface area contributed by atoms with Crippen molar-refractivity contribution in [2.75, 3.05) is 19.9 Å². The number of aromatic nitrogens is 2. The predicted octanol–water partition coefficient (Wildman–Crippen LogP) is 2.32. The fourth-order valence-electron chi connectivity index (χ4n) is 3.16. The summed E-state index contributed by atoms with van der Waals surface area (Å²) in [5.74, 6) is 1.77. The number of ether oxygens (including phenoxy) is 3. The third-order valence-corrected chi connectivity index (χ3v) is 4.44. The second kappa shape index (κ2) is 6.60. The smallest absolute Gasteiger partial charge is 0.231 e. The molecule has 2 aromatic rings. The molecule has 2 aliphatic heterocycles. The molecule has 0 amide bonds. The van der Waals surface area contributed by atoms with E-state index in [4.69, 9.17) is 14.2 Å². The van der Waals surface area contributed by atoms with Crippen molar-refractivity contribution in [3.8, 4) is 11.5 Å². The van der Waals surface area contributed by atoms with Gasteiger partial charge in [0.2, 0.25) is 6.79 Å². The zero-order valence-electron chi connectivity index (χ0n) is 13.0. The summed E-state index contributed by atoms with van der Waals surface area (Å²) in [6.45, 7) is 3.92. The number of H-pyrrole nitrogens is 1. The summed E-state index contributed by atoms with van der Waals surface area (Å²) >= 11 is 0. The van der Waals surface area contributed by atoms with Crippen molar-refractivity contribution in [2.45, 2.75) is 32.1 Å². The van der Waals surface area contributed by atoms with Gasteiger partial charge in [0.25, 0.3) is 0 Å². The minimum atomic E-state index is 0.329. The van der Waals surface area contributed by atoms with Crippen LogP contribution >= 0.6 is 0 Å². The van der Waals surface area contributed by atoms with E-state index in [1.54, 1.807) is 6.33 Å². The molecule has 6 heteroatoms. The first-order valence-corrected chi connectivity index (χ1v) is 8.07. The van der Waals surface area contributed by atoms with Crippen LogP contribution in [-0.4, -0.2) is 40.9 Å². The molecule has 6 nitrogen and oxygen atoms in total. The van der Waals surface area contributed by atoms with Crippen molar-refractivity contribution in [3.63, 3.8) is 0 Å².